The maximum atomic E-state index is 12.4. The van der Waals surface area contributed by atoms with Gasteiger partial charge in [-0.05, 0) is 50.2 Å². The van der Waals surface area contributed by atoms with E-state index < -0.39 is 16.0 Å². The summed E-state index contributed by atoms with van der Waals surface area (Å²) in [6, 6.07) is 9.14. The highest BCUT2D eigenvalue weighted by Crippen LogP contribution is 2.24. The van der Waals surface area contributed by atoms with Crippen molar-refractivity contribution in [3.63, 3.8) is 0 Å². The third kappa shape index (κ3) is 5.57. The van der Waals surface area contributed by atoms with Crippen LogP contribution >= 0.6 is 11.3 Å². The smallest absolute Gasteiger partial charge is 0.338 e. The lowest BCUT2D eigenvalue weighted by Crippen LogP contribution is -2.18. The van der Waals surface area contributed by atoms with Crippen molar-refractivity contribution in [1.29, 1.82) is 0 Å². The standard InChI is InChI=1S/C17H20N2O5S2/c1-11(2)24-17(21)13-4-6-14(7-5-13)19-26(22,23)16-9-8-15(25-16)10-18-12(3)20/h4-9,11,19H,10H2,1-3H3,(H,18,20). The van der Waals surface area contributed by atoms with E-state index in [1.807, 2.05) is 0 Å². The largest absolute Gasteiger partial charge is 0.459 e. The van der Waals surface area contributed by atoms with Crippen LogP contribution in [-0.4, -0.2) is 26.4 Å². The second-order valence-corrected chi connectivity index (χ2v) is 8.84. The normalized spacial score (nSPS) is 11.2. The number of thiophene rings is 1. The van der Waals surface area contributed by atoms with Gasteiger partial charge in [-0.1, -0.05) is 0 Å². The fourth-order valence-corrected chi connectivity index (χ4v) is 4.33. The van der Waals surface area contributed by atoms with E-state index in [0.717, 1.165) is 16.2 Å². The van der Waals surface area contributed by atoms with Gasteiger partial charge in [0, 0.05) is 17.5 Å². The number of ether oxygens (including phenoxy) is 1. The molecule has 0 radical (unpaired) electrons. The highest BCUT2D eigenvalue weighted by Gasteiger charge is 2.17. The fraction of sp³-hybridized carbons (Fsp3) is 0.294. The molecule has 2 aromatic rings. The Hall–Kier alpha value is -2.39. The molecule has 1 amide bonds. The fourth-order valence-electron chi connectivity index (χ4n) is 1.97. The Morgan fingerprint density at radius 3 is 2.35 bits per heavy atom. The van der Waals surface area contributed by atoms with E-state index in [0.29, 0.717) is 11.3 Å². The molecule has 2 rings (SSSR count). The first kappa shape index (κ1) is 19.9. The number of esters is 1. The van der Waals surface area contributed by atoms with E-state index in [-0.39, 0.29) is 22.8 Å². The Labute approximate surface area is 156 Å². The Morgan fingerprint density at radius 1 is 1.12 bits per heavy atom. The molecule has 0 fully saturated rings. The van der Waals surface area contributed by atoms with E-state index in [1.165, 1.54) is 37.3 Å². The molecule has 2 N–H and O–H groups in total. The van der Waals surface area contributed by atoms with Gasteiger partial charge in [0.05, 0.1) is 18.2 Å². The second kappa shape index (κ2) is 8.33. The van der Waals surface area contributed by atoms with Gasteiger partial charge in [-0.25, -0.2) is 13.2 Å². The van der Waals surface area contributed by atoms with Gasteiger partial charge in [-0.15, -0.1) is 11.3 Å². The molecule has 9 heteroatoms. The van der Waals surface area contributed by atoms with Crippen LogP contribution in [0.4, 0.5) is 5.69 Å². The van der Waals surface area contributed by atoms with E-state index in [4.69, 9.17) is 4.74 Å². The van der Waals surface area contributed by atoms with E-state index in [2.05, 4.69) is 10.0 Å². The number of amides is 1. The minimum atomic E-state index is -3.74. The highest BCUT2D eigenvalue weighted by atomic mass is 32.2. The molecule has 0 aliphatic rings. The van der Waals surface area contributed by atoms with E-state index >= 15 is 0 Å². The lowest BCUT2D eigenvalue weighted by atomic mass is 10.2. The first-order valence-corrected chi connectivity index (χ1v) is 10.1. The van der Waals surface area contributed by atoms with Crippen molar-refractivity contribution in [2.75, 3.05) is 4.72 Å². The van der Waals surface area contributed by atoms with Crippen LogP contribution in [0.15, 0.2) is 40.6 Å². The summed E-state index contributed by atoms with van der Waals surface area (Å²) in [6.45, 7) is 5.18. The molecule has 1 aromatic carbocycles. The zero-order valence-corrected chi connectivity index (χ0v) is 16.2. The summed E-state index contributed by atoms with van der Waals surface area (Å²) < 4.78 is 32.6. The van der Waals surface area contributed by atoms with Crippen LogP contribution in [0.25, 0.3) is 0 Å². The first-order valence-electron chi connectivity index (χ1n) is 7.84. The molecule has 1 aromatic heterocycles. The van der Waals surface area contributed by atoms with Crippen molar-refractivity contribution >= 4 is 38.9 Å². The van der Waals surface area contributed by atoms with Crippen LogP contribution in [0.5, 0.6) is 0 Å². The van der Waals surface area contributed by atoms with Crippen molar-refractivity contribution in [3.05, 3.63) is 46.8 Å². The number of carbonyl (C=O) groups is 2. The van der Waals surface area contributed by atoms with Gasteiger partial charge in [0.25, 0.3) is 10.0 Å². The van der Waals surface area contributed by atoms with Crippen molar-refractivity contribution in [1.82, 2.24) is 5.32 Å². The van der Waals surface area contributed by atoms with Crippen molar-refractivity contribution in [3.8, 4) is 0 Å². The molecule has 0 saturated heterocycles. The Balaban J connectivity index is 2.07. The quantitative estimate of drug-likeness (QED) is 0.701. The maximum Gasteiger partial charge on any atom is 0.338 e. The summed E-state index contributed by atoms with van der Waals surface area (Å²) in [5, 5.41) is 2.62. The number of hydrogen-bond donors (Lipinski definition) is 2. The van der Waals surface area contributed by atoms with Crippen molar-refractivity contribution in [2.24, 2.45) is 0 Å². The van der Waals surface area contributed by atoms with Crippen LogP contribution in [0, 0.1) is 0 Å². The number of anilines is 1. The SMILES string of the molecule is CC(=O)NCc1ccc(S(=O)(=O)Nc2ccc(C(=O)OC(C)C)cc2)s1. The minimum absolute atomic E-state index is 0.140. The summed E-state index contributed by atoms with van der Waals surface area (Å²) >= 11 is 1.08. The van der Waals surface area contributed by atoms with Gasteiger partial charge < -0.3 is 10.1 Å². The lowest BCUT2D eigenvalue weighted by Gasteiger charge is -2.09. The Bertz CT molecular complexity index is 886. The van der Waals surface area contributed by atoms with Crippen molar-refractivity contribution in [2.45, 2.75) is 37.6 Å². The molecule has 1 heterocycles. The number of rotatable bonds is 7. The predicted molar refractivity (Wildman–Crippen MR) is 99.6 cm³/mol. The molecule has 0 aliphatic carbocycles. The summed E-state index contributed by atoms with van der Waals surface area (Å²) in [6.07, 6.45) is -0.230. The summed E-state index contributed by atoms with van der Waals surface area (Å²) in [4.78, 5) is 23.5. The average Bonchev–Trinajstić information content (AvgIpc) is 3.02. The molecule has 0 spiro atoms. The van der Waals surface area contributed by atoms with Crippen LogP contribution in [0.2, 0.25) is 0 Å². The number of hydrogen-bond acceptors (Lipinski definition) is 6. The molecular weight excluding hydrogens is 376 g/mol. The number of benzene rings is 1. The number of carbonyl (C=O) groups excluding carboxylic acids is 2. The van der Waals surface area contributed by atoms with Gasteiger partial charge in [0.1, 0.15) is 4.21 Å². The molecule has 0 saturated carbocycles. The topological polar surface area (TPSA) is 102 Å². The van der Waals surface area contributed by atoms with Crippen molar-refractivity contribution < 1.29 is 22.7 Å². The van der Waals surface area contributed by atoms with Gasteiger partial charge in [0.2, 0.25) is 5.91 Å². The molecule has 0 bridgehead atoms. The zero-order chi connectivity index (χ0) is 19.3. The van der Waals surface area contributed by atoms with Gasteiger partial charge in [-0.2, -0.15) is 0 Å². The summed E-state index contributed by atoms with van der Waals surface area (Å²) in [5.74, 6) is -0.646. The molecular formula is C17H20N2O5S2. The third-order valence-electron chi connectivity index (χ3n) is 3.13. The molecule has 0 unspecified atom stereocenters. The predicted octanol–water partition coefficient (Wildman–Crippen LogP) is 2.75. The first-order chi connectivity index (χ1) is 12.2. The Kier molecular flexibility index (Phi) is 6.38. The van der Waals surface area contributed by atoms with Crippen LogP contribution < -0.4 is 10.0 Å². The van der Waals surface area contributed by atoms with Gasteiger partial charge >= 0.3 is 5.97 Å². The zero-order valence-electron chi connectivity index (χ0n) is 14.6. The number of sulfonamides is 1. The van der Waals surface area contributed by atoms with Gasteiger partial charge in [0.15, 0.2) is 0 Å². The molecule has 140 valence electrons. The minimum Gasteiger partial charge on any atom is -0.459 e. The average molecular weight is 396 g/mol. The second-order valence-electron chi connectivity index (χ2n) is 5.77. The van der Waals surface area contributed by atoms with E-state index in [1.54, 1.807) is 19.9 Å². The van der Waals surface area contributed by atoms with Crippen LogP contribution in [0.1, 0.15) is 36.0 Å². The lowest BCUT2D eigenvalue weighted by molar-refractivity contribution is -0.119. The Morgan fingerprint density at radius 2 is 1.77 bits per heavy atom. The molecule has 7 nitrogen and oxygen atoms in total. The molecule has 26 heavy (non-hydrogen) atoms. The summed E-state index contributed by atoms with van der Waals surface area (Å²) in [5.41, 5.74) is 0.679. The summed E-state index contributed by atoms with van der Waals surface area (Å²) in [7, 11) is -3.74. The maximum absolute atomic E-state index is 12.4. The van der Waals surface area contributed by atoms with Crippen LogP contribution in [-0.2, 0) is 26.1 Å². The van der Waals surface area contributed by atoms with Crippen LogP contribution in [0.3, 0.4) is 0 Å². The third-order valence-corrected chi connectivity index (χ3v) is 6.09. The van der Waals surface area contributed by atoms with E-state index in [9.17, 15) is 18.0 Å². The highest BCUT2D eigenvalue weighted by molar-refractivity contribution is 7.94. The monoisotopic (exact) mass is 396 g/mol. The number of nitrogens with one attached hydrogen (secondary N) is 2. The molecule has 0 aliphatic heterocycles. The van der Waals surface area contributed by atoms with Gasteiger partial charge in [-0.3, -0.25) is 9.52 Å². The molecule has 0 atom stereocenters.